The molecule has 3 aromatic rings. The van der Waals surface area contributed by atoms with Crippen molar-refractivity contribution in [2.75, 3.05) is 24.6 Å². The third-order valence-electron chi connectivity index (χ3n) is 8.36. The third kappa shape index (κ3) is 8.82. The second-order valence-electron chi connectivity index (χ2n) is 11.8. The zero-order chi connectivity index (χ0) is 34.8. The molecule has 0 aliphatic carbocycles. The number of rotatable bonds is 14. The van der Waals surface area contributed by atoms with Crippen LogP contribution in [-0.4, -0.2) is 42.5 Å². The summed E-state index contributed by atoms with van der Waals surface area (Å²) in [7, 11) is 1.93. The number of aryl methyl sites for hydroxylation is 1. The summed E-state index contributed by atoms with van der Waals surface area (Å²) in [5, 5.41) is 10.8. The van der Waals surface area contributed by atoms with Gasteiger partial charge in [0.1, 0.15) is 35.9 Å². The second-order valence-corrected chi connectivity index (χ2v) is 11.8. The van der Waals surface area contributed by atoms with Gasteiger partial charge in [-0.2, -0.15) is 5.26 Å². The van der Waals surface area contributed by atoms with Crippen molar-refractivity contribution in [1.29, 1.82) is 5.26 Å². The van der Waals surface area contributed by atoms with Gasteiger partial charge in [-0.15, -0.1) is 5.06 Å². The molecule has 3 heterocycles. The number of carbonyl (C=O) groups is 3. The Morgan fingerprint density at radius 1 is 0.980 bits per heavy atom. The number of benzene rings is 2. The Labute approximate surface area is 287 Å². The average molecular weight is 662 g/mol. The molecule has 1 aromatic heterocycles. The second kappa shape index (κ2) is 16.4. The summed E-state index contributed by atoms with van der Waals surface area (Å²) in [6.07, 6.45) is 12.1. The van der Waals surface area contributed by atoms with Crippen molar-refractivity contribution in [1.82, 2.24) is 5.06 Å². The number of ether oxygens (including phenoxy) is 2. The van der Waals surface area contributed by atoms with E-state index < -0.39 is 17.8 Å². The van der Waals surface area contributed by atoms with Crippen LogP contribution in [0.1, 0.15) is 69.1 Å². The van der Waals surface area contributed by atoms with Crippen LogP contribution >= 0.6 is 0 Å². The molecule has 0 unspecified atom stereocenters. The smallest absolute Gasteiger partial charge is 0.333 e. The van der Waals surface area contributed by atoms with E-state index in [4.69, 9.17) is 14.3 Å². The van der Waals surface area contributed by atoms with Gasteiger partial charge in [0.05, 0.1) is 6.61 Å². The van der Waals surface area contributed by atoms with Crippen LogP contribution in [0.4, 0.5) is 5.69 Å². The summed E-state index contributed by atoms with van der Waals surface area (Å²) in [5.41, 5.74) is 5.16. The molecule has 2 aromatic carbocycles. The predicted octanol–water partition coefficient (Wildman–Crippen LogP) is 6.33. The molecule has 49 heavy (non-hydrogen) atoms. The van der Waals surface area contributed by atoms with E-state index in [9.17, 15) is 19.6 Å². The number of amides is 2. The lowest BCUT2D eigenvalue weighted by Gasteiger charge is -2.25. The Bertz CT molecular complexity index is 1800. The van der Waals surface area contributed by atoms with Crippen LogP contribution in [0.25, 0.3) is 17.2 Å². The highest BCUT2D eigenvalue weighted by Crippen LogP contribution is 2.39. The molecule has 10 heteroatoms. The number of hydrogen-bond donors (Lipinski definition) is 0. The number of anilines is 1. The Morgan fingerprint density at radius 3 is 2.37 bits per heavy atom. The highest BCUT2D eigenvalue weighted by atomic mass is 16.7. The first-order valence-corrected chi connectivity index (χ1v) is 16.7. The molecule has 0 atom stereocenters. The first-order valence-electron chi connectivity index (χ1n) is 16.7. The molecule has 5 rings (SSSR count). The van der Waals surface area contributed by atoms with E-state index >= 15 is 0 Å². The maximum Gasteiger partial charge on any atom is 0.333 e. The highest BCUT2D eigenvalue weighted by molar-refractivity contribution is 6.01. The lowest BCUT2D eigenvalue weighted by atomic mass is 9.97. The number of unbranched alkanes of at least 4 members (excludes halogenated alkanes) is 2. The van der Waals surface area contributed by atoms with Crippen LogP contribution in [0.3, 0.4) is 0 Å². The fourth-order valence-corrected chi connectivity index (χ4v) is 5.58. The van der Waals surface area contributed by atoms with Crippen molar-refractivity contribution >= 4 is 40.7 Å². The van der Waals surface area contributed by atoms with Gasteiger partial charge in [-0.3, -0.25) is 9.59 Å². The highest BCUT2D eigenvalue weighted by Gasteiger charge is 2.32. The van der Waals surface area contributed by atoms with E-state index in [0.29, 0.717) is 35.2 Å². The number of imide groups is 1. The maximum absolute atomic E-state index is 11.9. The van der Waals surface area contributed by atoms with E-state index in [-0.39, 0.29) is 19.3 Å². The largest absolute Gasteiger partial charge is 0.494 e. The van der Waals surface area contributed by atoms with Crippen LogP contribution < -0.4 is 18.9 Å². The lowest BCUT2D eigenvalue weighted by Crippen LogP contribution is -2.31. The summed E-state index contributed by atoms with van der Waals surface area (Å²) in [6.45, 7) is 6.47. The van der Waals surface area contributed by atoms with Gasteiger partial charge in [0.2, 0.25) is 0 Å². The minimum absolute atomic E-state index is 0.0812. The fourth-order valence-electron chi connectivity index (χ4n) is 5.58. The number of fused-ring (bicyclic) bond motifs is 1. The number of aromatic nitrogens is 1. The number of hydrogen-bond acceptors (Lipinski definition) is 8. The first kappa shape index (κ1) is 34.6. The van der Waals surface area contributed by atoms with E-state index in [1.54, 1.807) is 0 Å². The average Bonchev–Trinajstić information content (AvgIpc) is 3.42. The summed E-state index contributed by atoms with van der Waals surface area (Å²) in [4.78, 5) is 42.3. The molecule has 1 fully saturated rings. The van der Waals surface area contributed by atoms with Crippen LogP contribution in [0, 0.1) is 11.3 Å². The van der Waals surface area contributed by atoms with Gasteiger partial charge in [-0.1, -0.05) is 24.3 Å². The molecular formula is C39H41N4O6+. The lowest BCUT2D eigenvalue weighted by molar-refractivity contribution is -0.671. The molecule has 0 N–H and O–H groups in total. The van der Waals surface area contributed by atoms with Gasteiger partial charge in [0.25, 0.3) is 11.8 Å². The maximum atomic E-state index is 11.9. The third-order valence-corrected chi connectivity index (χ3v) is 8.36. The number of pyridine rings is 1. The molecule has 2 aliphatic rings. The van der Waals surface area contributed by atoms with Crippen molar-refractivity contribution in [2.45, 2.75) is 52.4 Å². The van der Waals surface area contributed by atoms with E-state index in [2.05, 4.69) is 36.9 Å². The Hall–Kier alpha value is -5.69. The van der Waals surface area contributed by atoms with Crippen molar-refractivity contribution < 1.29 is 33.3 Å². The van der Waals surface area contributed by atoms with Crippen LogP contribution in [-0.2, 0) is 26.3 Å². The molecule has 10 nitrogen and oxygen atoms in total. The van der Waals surface area contributed by atoms with E-state index in [0.717, 1.165) is 59.6 Å². The number of nitriles is 1. The van der Waals surface area contributed by atoms with E-state index in [1.165, 1.54) is 0 Å². The molecule has 2 amide bonds. The molecule has 0 saturated carbocycles. The molecule has 0 radical (unpaired) electrons. The first-order chi connectivity index (χ1) is 23.8. The number of allylic oxidation sites excluding steroid dienone is 4. The van der Waals surface area contributed by atoms with Crippen molar-refractivity contribution in [3.05, 3.63) is 102 Å². The number of nitrogens with zero attached hydrogens (tertiary/aromatic N) is 4. The molecule has 252 valence electrons. The molecular weight excluding hydrogens is 620 g/mol. The monoisotopic (exact) mass is 661 g/mol. The zero-order valence-electron chi connectivity index (χ0n) is 28.2. The molecule has 0 bridgehead atoms. The summed E-state index contributed by atoms with van der Waals surface area (Å²) in [5.74, 6) is 0.406. The van der Waals surface area contributed by atoms with Crippen molar-refractivity contribution in [3.63, 3.8) is 0 Å². The Kier molecular flexibility index (Phi) is 11.6. The quantitative estimate of drug-likeness (QED) is 0.0853. The standard InChI is InChI=1S/C39H41N4O6/c1-4-42(5-2)31-14-17-33-30(25-35(48-36(33)26-31)34(27-40)29-20-22-41(3)23-21-29)13-10-28-11-15-32(16-12-28)47-24-8-6-7-9-39(46)49-43-37(44)18-19-38(43)45/h10-17,20-23,25-26H,4-9,18-19,24H2,1-3H3/q+1/b13-10+. The Morgan fingerprint density at radius 2 is 1.69 bits per heavy atom. The van der Waals surface area contributed by atoms with Crippen LogP contribution in [0.5, 0.6) is 11.5 Å². The Balaban J connectivity index is 1.22. The van der Waals surface area contributed by atoms with Crippen molar-refractivity contribution in [3.8, 4) is 17.6 Å². The van der Waals surface area contributed by atoms with Gasteiger partial charge in [0.15, 0.2) is 12.4 Å². The minimum atomic E-state index is -0.583. The fraction of sp³-hybridized carbons (Fsp3) is 0.308. The molecule has 0 spiro atoms. The van der Waals surface area contributed by atoms with Crippen molar-refractivity contribution in [2.24, 2.45) is 7.05 Å². The predicted molar refractivity (Wildman–Crippen MR) is 185 cm³/mol. The summed E-state index contributed by atoms with van der Waals surface area (Å²) >= 11 is 0. The van der Waals surface area contributed by atoms with Gasteiger partial charge >= 0.3 is 5.97 Å². The SMILES string of the molecule is CCN(CC)c1ccc2c(c1)O/C(=C(/C#N)c1cc[n+](C)cc1)C=C2/C=C/c1ccc(OCCCCCC(=O)ON2C(=O)CCC2=O)cc1. The van der Waals surface area contributed by atoms with Crippen LogP contribution in [0.15, 0.2) is 84.9 Å². The molecule has 2 aliphatic heterocycles. The topological polar surface area (TPSA) is 113 Å². The van der Waals surface area contributed by atoms with E-state index in [1.807, 2.05) is 84.7 Å². The summed E-state index contributed by atoms with van der Waals surface area (Å²) in [6, 6.07) is 20.2. The van der Waals surface area contributed by atoms with Gasteiger partial charge < -0.3 is 19.2 Å². The van der Waals surface area contributed by atoms with Crippen LogP contribution in [0.2, 0.25) is 0 Å². The summed E-state index contributed by atoms with van der Waals surface area (Å²) < 4.78 is 14.2. The number of hydroxylamine groups is 2. The van der Waals surface area contributed by atoms with Gasteiger partial charge in [-0.05, 0) is 74.6 Å². The minimum Gasteiger partial charge on any atom is -0.494 e. The zero-order valence-corrected chi connectivity index (χ0v) is 28.2. The molecule has 1 saturated heterocycles. The normalized spacial score (nSPS) is 15.0. The van der Waals surface area contributed by atoms with Gasteiger partial charge in [0, 0.05) is 67.4 Å². The number of carbonyl (C=O) groups excluding carboxylic acids is 3. The van der Waals surface area contributed by atoms with Gasteiger partial charge in [-0.25, -0.2) is 9.36 Å².